The molecule has 17 heavy (non-hydrogen) atoms. The van der Waals surface area contributed by atoms with Gasteiger partial charge in [0.1, 0.15) is 0 Å². The molecule has 0 radical (unpaired) electrons. The second-order valence-corrected chi connectivity index (χ2v) is 4.02. The maximum Gasteiger partial charge on any atom is 0.317 e. The van der Waals surface area contributed by atoms with Crippen molar-refractivity contribution in [1.29, 1.82) is 5.26 Å². The number of hydrogen-bond donors (Lipinski definition) is 1. The van der Waals surface area contributed by atoms with Crippen LogP contribution >= 0.6 is 11.6 Å². The monoisotopic (exact) mass is 252 g/mol. The Bertz CT molecular complexity index is 454. The Labute approximate surface area is 105 Å². The zero-order valence-electron chi connectivity index (χ0n) is 9.48. The zero-order valence-corrected chi connectivity index (χ0v) is 10.2. The van der Waals surface area contributed by atoms with Crippen molar-refractivity contribution in [2.75, 3.05) is 13.1 Å². The van der Waals surface area contributed by atoms with Gasteiger partial charge < -0.3 is 5.11 Å². The number of carbonyl (C=O) groups is 1. The topological polar surface area (TPSA) is 64.3 Å². The summed E-state index contributed by atoms with van der Waals surface area (Å²) in [5.74, 6) is -0.864. The summed E-state index contributed by atoms with van der Waals surface area (Å²) in [6.07, 6.45) is 0. The van der Waals surface area contributed by atoms with Crippen molar-refractivity contribution < 1.29 is 9.90 Å². The molecule has 0 atom stereocenters. The van der Waals surface area contributed by atoms with Gasteiger partial charge in [-0.25, -0.2) is 0 Å². The van der Waals surface area contributed by atoms with Crippen molar-refractivity contribution in [2.45, 2.75) is 13.5 Å². The van der Waals surface area contributed by atoms with Crippen LogP contribution in [-0.4, -0.2) is 29.1 Å². The lowest BCUT2D eigenvalue weighted by molar-refractivity contribution is -0.138. The highest BCUT2D eigenvalue weighted by atomic mass is 35.5. The molecule has 0 bridgehead atoms. The summed E-state index contributed by atoms with van der Waals surface area (Å²) in [5, 5.41) is 17.9. The number of halogens is 1. The number of likely N-dealkylation sites (N-methyl/N-ethyl adjacent to an activating group) is 1. The van der Waals surface area contributed by atoms with Gasteiger partial charge in [-0.3, -0.25) is 9.69 Å². The molecule has 0 aliphatic carbocycles. The number of benzene rings is 1. The average Bonchev–Trinajstić information content (AvgIpc) is 2.29. The molecular weight excluding hydrogens is 240 g/mol. The third-order valence-corrected chi connectivity index (χ3v) is 2.73. The predicted molar refractivity (Wildman–Crippen MR) is 64.8 cm³/mol. The number of nitriles is 1. The fourth-order valence-corrected chi connectivity index (χ4v) is 1.70. The summed E-state index contributed by atoms with van der Waals surface area (Å²) in [4.78, 5) is 12.4. The van der Waals surface area contributed by atoms with E-state index in [0.29, 0.717) is 23.7 Å². The lowest BCUT2D eigenvalue weighted by Crippen LogP contribution is -2.29. The highest BCUT2D eigenvalue weighted by molar-refractivity contribution is 6.31. The van der Waals surface area contributed by atoms with Crippen LogP contribution in [0.25, 0.3) is 0 Å². The Hall–Kier alpha value is -1.57. The van der Waals surface area contributed by atoms with E-state index in [9.17, 15) is 4.79 Å². The van der Waals surface area contributed by atoms with Gasteiger partial charge >= 0.3 is 5.97 Å². The number of carboxylic acids is 1. The van der Waals surface area contributed by atoms with Gasteiger partial charge in [-0.05, 0) is 24.2 Å². The Morgan fingerprint density at radius 2 is 2.29 bits per heavy atom. The molecule has 0 amide bonds. The molecule has 0 spiro atoms. The van der Waals surface area contributed by atoms with Crippen molar-refractivity contribution in [2.24, 2.45) is 0 Å². The Morgan fingerprint density at radius 3 is 2.76 bits per heavy atom. The van der Waals surface area contributed by atoms with Gasteiger partial charge in [-0.15, -0.1) is 0 Å². The van der Waals surface area contributed by atoms with Crippen molar-refractivity contribution in [3.05, 3.63) is 34.3 Å². The maximum atomic E-state index is 10.6. The summed E-state index contributed by atoms with van der Waals surface area (Å²) in [7, 11) is 0. The summed E-state index contributed by atoms with van der Waals surface area (Å²) in [5.41, 5.74) is 1.33. The van der Waals surface area contributed by atoms with Crippen LogP contribution in [0.2, 0.25) is 5.02 Å². The third-order valence-electron chi connectivity index (χ3n) is 2.38. The Kier molecular flexibility index (Phi) is 4.95. The van der Waals surface area contributed by atoms with Crippen molar-refractivity contribution in [3.8, 4) is 6.07 Å². The van der Waals surface area contributed by atoms with Gasteiger partial charge in [0.15, 0.2) is 0 Å². The van der Waals surface area contributed by atoms with Crippen LogP contribution in [-0.2, 0) is 11.3 Å². The summed E-state index contributed by atoms with van der Waals surface area (Å²) >= 11 is 6.02. The van der Waals surface area contributed by atoms with Gasteiger partial charge in [0.2, 0.25) is 0 Å². The van der Waals surface area contributed by atoms with Crippen LogP contribution < -0.4 is 0 Å². The number of nitrogens with zero attached hydrogens (tertiary/aromatic N) is 2. The number of aliphatic carboxylic acids is 1. The van der Waals surface area contributed by atoms with E-state index in [1.807, 2.05) is 13.0 Å². The molecule has 1 aromatic rings. The molecule has 1 rings (SSSR count). The summed E-state index contributed by atoms with van der Waals surface area (Å²) in [6, 6.07) is 7.02. The Morgan fingerprint density at radius 1 is 1.59 bits per heavy atom. The van der Waals surface area contributed by atoms with E-state index in [2.05, 4.69) is 0 Å². The van der Waals surface area contributed by atoms with Crippen molar-refractivity contribution in [3.63, 3.8) is 0 Å². The number of rotatable bonds is 5. The third kappa shape index (κ3) is 4.06. The first-order valence-electron chi connectivity index (χ1n) is 5.19. The van der Waals surface area contributed by atoms with Crippen LogP contribution in [0, 0.1) is 11.3 Å². The van der Waals surface area contributed by atoms with E-state index in [-0.39, 0.29) is 6.54 Å². The molecule has 0 saturated heterocycles. The number of carboxylic acid groups (broad SMARTS) is 1. The summed E-state index contributed by atoms with van der Waals surface area (Å²) in [6.45, 7) is 2.96. The molecular formula is C12H13ClN2O2. The second-order valence-electron chi connectivity index (χ2n) is 3.62. The highest BCUT2D eigenvalue weighted by Crippen LogP contribution is 2.19. The standard InChI is InChI=1S/C12H13ClN2O2/c1-2-15(8-12(16)17)7-10-4-3-9(6-14)5-11(10)13/h3-5H,2,7-8H2,1H3,(H,16,17). The quantitative estimate of drug-likeness (QED) is 0.872. The molecule has 5 heteroatoms. The summed E-state index contributed by atoms with van der Waals surface area (Å²) < 4.78 is 0. The second kappa shape index (κ2) is 6.24. The normalized spacial score (nSPS) is 10.2. The SMILES string of the molecule is CCN(CC(=O)O)Cc1ccc(C#N)cc1Cl. The van der Waals surface area contributed by atoms with Gasteiger partial charge in [0, 0.05) is 11.6 Å². The molecule has 0 fully saturated rings. The van der Waals surface area contributed by atoms with Crippen LogP contribution in [0.15, 0.2) is 18.2 Å². The molecule has 0 unspecified atom stereocenters. The largest absolute Gasteiger partial charge is 0.480 e. The molecule has 0 aromatic heterocycles. The van der Waals surface area contributed by atoms with Gasteiger partial charge in [0.05, 0.1) is 18.2 Å². The molecule has 0 heterocycles. The maximum absolute atomic E-state index is 10.6. The minimum atomic E-state index is -0.864. The van der Waals surface area contributed by atoms with Crippen LogP contribution in [0.4, 0.5) is 0 Å². The predicted octanol–water partition coefficient (Wildman–Crippen LogP) is 2.12. The van der Waals surface area contributed by atoms with Gasteiger partial charge in [-0.2, -0.15) is 5.26 Å². The van der Waals surface area contributed by atoms with E-state index < -0.39 is 5.97 Å². The van der Waals surface area contributed by atoms with Crippen molar-refractivity contribution >= 4 is 17.6 Å². The first-order chi connectivity index (χ1) is 8.06. The minimum Gasteiger partial charge on any atom is -0.480 e. The molecule has 0 saturated carbocycles. The van der Waals surface area contributed by atoms with Gasteiger partial charge in [-0.1, -0.05) is 24.6 Å². The van der Waals surface area contributed by atoms with E-state index in [4.69, 9.17) is 22.0 Å². The van der Waals surface area contributed by atoms with Crippen molar-refractivity contribution in [1.82, 2.24) is 4.90 Å². The molecule has 1 aromatic carbocycles. The van der Waals surface area contributed by atoms with E-state index in [0.717, 1.165) is 5.56 Å². The molecule has 0 aliphatic rings. The first kappa shape index (κ1) is 13.5. The van der Waals surface area contributed by atoms with Gasteiger partial charge in [0.25, 0.3) is 0 Å². The molecule has 0 aliphatic heterocycles. The van der Waals surface area contributed by atoms with Crippen LogP contribution in [0.1, 0.15) is 18.1 Å². The number of hydrogen-bond acceptors (Lipinski definition) is 3. The van der Waals surface area contributed by atoms with Crippen LogP contribution in [0.3, 0.4) is 0 Å². The molecule has 4 nitrogen and oxygen atoms in total. The molecule has 90 valence electrons. The highest BCUT2D eigenvalue weighted by Gasteiger charge is 2.10. The lowest BCUT2D eigenvalue weighted by Gasteiger charge is -2.18. The van der Waals surface area contributed by atoms with Crippen LogP contribution in [0.5, 0.6) is 0 Å². The Balaban J connectivity index is 2.80. The fraction of sp³-hybridized carbons (Fsp3) is 0.333. The minimum absolute atomic E-state index is 0.0210. The molecule has 1 N–H and O–H groups in total. The first-order valence-corrected chi connectivity index (χ1v) is 5.57. The van der Waals surface area contributed by atoms with E-state index in [1.54, 1.807) is 23.1 Å². The lowest BCUT2D eigenvalue weighted by atomic mass is 10.1. The van der Waals surface area contributed by atoms with E-state index >= 15 is 0 Å². The fourth-order valence-electron chi connectivity index (χ4n) is 1.46. The average molecular weight is 253 g/mol. The zero-order chi connectivity index (χ0) is 12.8. The van der Waals surface area contributed by atoms with E-state index in [1.165, 1.54) is 0 Å². The smallest absolute Gasteiger partial charge is 0.317 e.